The van der Waals surface area contributed by atoms with E-state index in [1.165, 1.54) is 11.0 Å². The van der Waals surface area contributed by atoms with Gasteiger partial charge in [-0.25, -0.2) is 9.18 Å². The Morgan fingerprint density at radius 3 is 2.80 bits per heavy atom. The molecule has 8 heteroatoms. The summed E-state index contributed by atoms with van der Waals surface area (Å²) in [6.07, 6.45) is 1.16. The van der Waals surface area contributed by atoms with E-state index in [2.05, 4.69) is 21.2 Å². The molecule has 0 aromatic heterocycles. The second kappa shape index (κ2) is 7.83. The Morgan fingerprint density at radius 1 is 1.27 bits per heavy atom. The van der Waals surface area contributed by atoms with Crippen molar-refractivity contribution in [3.05, 3.63) is 69.4 Å². The zero-order valence-electron chi connectivity index (χ0n) is 16.5. The van der Waals surface area contributed by atoms with E-state index in [0.717, 1.165) is 16.0 Å². The zero-order chi connectivity index (χ0) is 21.5. The summed E-state index contributed by atoms with van der Waals surface area (Å²) < 4.78 is 14.8. The lowest BCUT2D eigenvalue weighted by molar-refractivity contribution is -0.139. The number of hydrogen-bond donors (Lipinski definition) is 1. The first-order valence-electron chi connectivity index (χ1n) is 9.80. The van der Waals surface area contributed by atoms with E-state index in [0.29, 0.717) is 29.4 Å². The highest BCUT2D eigenvalue weighted by molar-refractivity contribution is 9.10. The molecule has 1 saturated heterocycles. The standard InChI is InChI=1S/C22H21BrFN3O3/c1-2-26(12-15-11-16(23)7-8-18(15)24)19(28)13-27-20(29)22(25-21(27)30)10-9-14-5-3-4-6-17(14)22/h3-8,11H,2,9-10,12-13H2,1H3,(H,25,30). The molecule has 1 spiro atoms. The van der Waals surface area contributed by atoms with Gasteiger partial charge in [0.1, 0.15) is 17.9 Å². The molecule has 1 N–H and O–H groups in total. The predicted molar refractivity (Wildman–Crippen MR) is 112 cm³/mol. The van der Waals surface area contributed by atoms with Crippen molar-refractivity contribution in [2.45, 2.75) is 31.8 Å². The lowest BCUT2D eigenvalue weighted by Crippen LogP contribution is -2.44. The van der Waals surface area contributed by atoms with Crippen LogP contribution in [0, 0.1) is 5.82 Å². The summed E-state index contributed by atoms with van der Waals surface area (Å²) in [7, 11) is 0. The van der Waals surface area contributed by atoms with Crippen molar-refractivity contribution < 1.29 is 18.8 Å². The summed E-state index contributed by atoms with van der Waals surface area (Å²) in [5.74, 6) is -1.24. The van der Waals surface area contributed by atoms with Crippen molar-refractivity contribution in [2.75, 3.05) is 13.1 Å². The number of halogens is 2. The molecule has 156 valence electrons. The molecule has 1 aliphatic heterocycles. The van der Waals surface area contributed by atoms with Gasteiger partial charge in [0, 0.05) is 23.1 Å². The molecule has 0 bridgehead atoms. The number of nitrogens with one attached hydrogen (secondary N) is 1. The fourth-order valence-corrected chi connectivity index (χ4v) is 4.62. The Hall–Kier alpha value is -2.74. The highest BCUT2D eigenvalue weighted by Gasteiger charge is 2.55. The van der Waals surface area contributed by atoms with Crippen molar-refractivity contribution in [1.29, 1.82) is 0 Å². The lowest BCUT2D eigenvalue weighted by atomic mass is 9.92. The smallest absolute Gasteiger partial charge is 0.325 e. The van der Waals surface area contributed by atoms with Gasteiger partial charge in [-0.1, -0.05) is 40.2 Å². The lowest BCUT2D eigenvalue weighted by Gasteiger charge is -2.25. The van der Waals surface area contributed by atoms with Crippen LogP contribution in [0.25, 0.3) is 0 Å². The van der Waals surface area contributed by atoms with Crippen molar-refractivity contribution in [1.82, 2.24) is 15.1 Å². The average molecular weight is 474 g/mol. The van der Waals surface area contributed by atoms with Crippen LogP contribution in [0.4, 0.5) is 9.18 Å². The maximum Gasteiger partial charge on any atom is 0.325 e. The molecule has 0 saturated carbocycles. The molecule has 1 heterocycles. The van der Waals surface area contributed by atoms with Gasteiger partial charge in [-0.2, -0.15) is 0 Å². The Kier molecular flexibility index (Phi) is 5.36. The van der Waals surface area contributed by atoms with Gasteiger partial charge in [-0.15, -0.1) is 0 Å². The molecule has 1 aliphatic carbocycles. The van der Waals surface area contributed by atoms with E-state index in [1.807, 2.05) is 24.3 Å². The van der Waals surface area contributed by atoms with Crippen LogP contribution in [0.1, 0.15) is 30.0 Å². The SMILES string of the molecule is CCN(Cc1cc(Br)ccc1F)C(=O)CN1C(=O)NC2(CCc3ccccc32)C1=O. The molecule has 1 atom stereocenters. The van der Waals surface area contributed by atoms with E-state index in [9.17, 15) is 18.8 Å². The van der Waals surface area contributed by atoms with Crippen LogP contribution in [-0.2, 0) is 28.1 Å². The number of carbonyl (C=O) groups is 3. The Balaban J connectivity index is 1.52. The van der Waals surface area contributed by atoms with Gasteiger partial charge in [0.15, 0.2) is 0 Å². The number of aryl methyl sites for hydroxylation is 1. The van der Waals surface area contributed by atoms with Crippen molar-refractivity contribution in [3.8, 4) is 0 Å². The molecule has 1 unspecified atom stereocenters. The average Bonchev–Trinajstić information content (AvgIpc) is 3.22. The maximum atomic E-state index is 14.1. The van der Waals surface area contributed by atoms with Crippen LogP contribution < -0.4 is 5.32 Å². The van der Waals surface area contributed by atoms with Crippen LogP contribution in [0.3, 0.4) is 0 Å². The van der Waals surface area contributed by atoms with Crippen molar-refractivity contribution in [3.63, 3.8) is 0 Å². The number of imide groups is 1. The zero-order valence-corrected chi connectivity index (χ0v) is 18.0. The van der Waals surface area contributed by atoms with Gasteiger partial charge in [0.05, 0.1) is 0 Å². The molecule has 2 aliphatic rings. The van der Waals surface area contributed by atoms with Gasteiger partial charge in [0.2, 0.25) is 5.91 Å². The van der Waals surface area contributed by atoms with Crippen LogP contribution in [0.15, 0.2) is 46.9 Å². The van der Waals surface area contributed by atoms with Gasteiger partial charge >= 0.3 is 6.03 Å². The molecule has 2 aromatic rings. The molecular weight excluding hydrogens is 453 g/mol. The largest absolute Gasteiger partial charge is 0.337 e. The minimum absolute atomic E-state index is 0.0538. The third-order valence-corrected chi connectivity index (χ3v) is 6.31. The maximum absolute atomic E-state index is 14.1. The normalized spacial score (nSPS) is 19.9. The molecule has 4 amide bonds. The summed E-state index contributed by atoms with van der Waals surface area (Å²) in [6.45, 7) is 1.77. The van der Waals surface area contributed by atoms with Gasteiger partial charge < -0.3 is 10.2 Å². The van der Waals surface area contributed by atoms with Gasteiger partial charge in [-0.3, -0.25) is 14.5 Å². The number of fused-ring (bicyclic) bond motifs is 2. The molecule has 0 radical (unpaired) electrons. The van der Waals surface area contributed by atoms with Crippen molar-refractivity contribution in [2.24, 2.45) is 0 Å². The minimum atomic E-state index is -1.10. The molecule has 6 nitrogen and oxygen atoms in total. The Bertz CT molecular complexity index is 1040. The summed E-state index contributed by atoms with van der Waals surface area (Å²) >= 11 is 3.30. The fraction of sp³-hybridized carbons (Fsp3) is 0.318. The van der Waals surface area contributed by atoms with Gasteiger partial charge in [-0.05, 0) is 49.1 Å². The number of benzene rings is 2. The van der Waals surface area contributed by atoms with Crippen molar-refractivity contribution >= 4 is 33.8 Å². The first-order chi connectivity index (χ1) is 14.4. The van der Waals surface area contributed by atoms with E-state index < -0.39 is 29.2 Å². The summed E-state index contributed by atoms with van der Waals surface area (Å²) in [6, 6.07) is 11.5. The fourth-order valence-electron chi connectivity index (χ4n) is 4.21. The first kappa shape index (κ1) is 20.5. The highest BCUT2D eigenvalue weighted by atomic mass is 79.9. The third kappa shape index (κ3) is 3.39. The number of hydrogen-bond acceptors (Lipinski definition) is 3. The molecule has 1 fully saturated rings. The second-order valence-electron chi connectivity index (χ2n) is 7.53. The van der Waals surface area contributed by atoms with Crippen LogP contribution in [-0.4, -0.2) is 40.7 Å². The molecule has 30 heavy (non-hydrogen) atoms. The number of urea groups is 1. The number of nitrogens with zero attached hydrogens (tertiary/aromatic N) is 2. The van der Waals surface area contributed by atoms with E-state index >= 15 is 0 Å². The first-order valence-corrected chi connectivity index (χ1v) is 10.6. The molecule has 2 aromatic carbocycles. The third-order valence-electron chi connectivity index (χ3n) is 5.82. The Morgan fingerprint density at radius 2 is 2.03 bits per heavy atom. The van der Waals surface area contributed by atoms with Gasteiger partial charge in [0.25, 0.3) is 5.91 Å². The van der Waals surface area contributed by atoms with E-state index in [1.54, 1.807) is 19.1 Å². The Labute approximate surface area is 182 Å². The number of carbonyl (C=O) groups excluding carboxylic acids is 3. The van der Waals surface area contributed by atoms with Crippen LogP contribution in [0.2, 0.25) is 0 Å². The number of likely N-dealkylation sites (N-methyl/N-ethyl adjacent to an activating group) is 1. The summed E-state index contributed by atoms with van der Waals surface area (Å²) in [4.78, 5) is 41.1. The van der Waals surface area contributed by atoms with E-state index in [-0.39, 0.29) is 13.1 Å². The highest BCUT2D eigenvalue weighted by Crippen LogP contribution is 2.41. The minimum Gasteiger partial charge on any atom is -0.337 e. The summed E-state index contributed by atoms with van der Waals surface area (Å²) in [5.41, 5.74) is 1.08. The molecular formula is C22H21BrFN3O3. The predicted octanol–water partition coefficient (Wildman–Crippen LogP) is 3.33. The topological polar surface area (TPSA) is 69.7 Å². The number of rotatable bonds is 5. The monoisotopic (exact) mass is 473 g/mol. The molecule has 4 rings (SSSR count). The van der Waals surface area contributed by atoms with Crippen LogP contribution >= 0.6 is 15.9 Å². The number of amides is 4. The quantitative estimate of drug-likeness (QED) is 0.677. The van der Waals surface area contributed by atoms with E-state index in [4.69, 9.17) is 0 Å². The van der Waals surface area contributed by atoms with Crippen LogP contribution in [0.5, 0.6) is 0 Å². The second-order valence-corrected chi connectivity index (χ2v) is 8.44. The summed E-state index contributed by atoms with van der Waals surface area (Å²) in [5, 5.41) is 2.81.